The maximum Gasteiger partial charge on any atom is 0.408 e. The highest BCUT2D eigenvalue weighted by Crippen LogP contribution is 2.17. The molecule has 1 rings (SSSR count). The Morgan fingerprint density at radius 2 is 2.15 bits per heavy atom. The quantitative estimate of drug-likeness (QED) is 0.154. The number of aliphatic imine (C=N–C) groups is 1. The number of aliphatic hydroxyl groups is 1. The van der Waals surface area contributed by atoms with Crippen molar-refractivity contribution in [1.82, 2.24) is 15.3 Å². The zero-order valence-electron chi connectivity index (χ0n) is 13.9. The molecule has 12 heteroatoms. The molecule has 1 amide bonds. The van der Waals surface area contributed by atoms with Gasteiger partial charge in [-0.05, 0) is 18.9 Å². The van der Waals surface area contributed by atoms with Gasteiger partial charge in [0.05, 0.1) is 6.61 Å². The fourth-order valence-electron chi connectivity index (χ4n) is 1.66. The summed E-state index contributed by atoms with van der Waals surface area (Å²) in [4.78, 5) is 22.7. The van der Waals surface area contributed by atoms with Gasteiger partial charge < -0.3 is 21.5 Å². The lowest BCUT2D eigenvalue weighted by Gasteiger charge is -2.07. The third-order valence-corrected chi connectivity index (χ3v) is 3.73. The Morgan fingerprint density at radius 3 is 2.85 bits per heavy atom. The first-order chi connectivity index (χ1) is 12.3. The molecule has 0 radical (unpaired) electrons. The van der Waals surface area contributed by atoms with Crippen LogP contribution in [0.1, 0.15) is 19.3 Å². The second-order valence-electron chi connectivity index (χ2n) is 5.05. The van der Waals surface area contributed by atoms with Gasteiger partial charge in [0, 0.05) is 24.9 Å². The number of nitrogens with two attached hydrogens (primary N) is 1. The zero-order chi connectivity index (χ0) is 19.4. The van der Waals surface area contributed by atoms with Crippen LogP contribution in [0.15, 0.2) is 22.4 Å². The lowest BCUT2D eigenvalue weighted by atomic mass is 10.2. The summed E-state index contributed by atoms with van der Waals surface area (Å²) in [5.74, 6) is 0.425. The van der Waals surface area contributed by atoms with Crippen molar-refractivity contribution in [3.05, 3.63) is 12.3 Å². The Bertz CT molecular complexity index is 600. The van der Waals surface area contributed by atoms with Crippen LogP contribution in [0, 0.1) is 0 Å². The van der Waals surface area contributed by atoms with Crippen molar-refractivity contribution in [2.45, 2.75) is 30.6 Å². The molecule has 0 aromatic carbocycles. The second-order valence-corrected chi connectivity index (χ2v) is 6.11. The van der Waals surface area contributed by atoms with Gasteiger partial charge in [0.2, 0.25) is 5.91 Å². The van der Waals surface area contributed by atoms with Gasteiger partial charge in [-0.1, -0.05) is 11.8 Å². The van der Waals surface area contributed by atoms with E-state index in [1.54, 1.807) is 0 Å². The molecule has 1 heterocycles. The van der Waals surface area contributed by atoms with Gasteiger partial charge in [-0.2, -0.15) is 13.2 Å². The monoisotopic (exact) mass is 394 g/mol. The average Bonchev–Trinajstić information content (AvgIpc) is 2.57. The van der Waals surface area contributed by atoms with E-state index < -0.39 is 12.7 Å². The standard InChI is InChI=1S/C14H21F3N6O2S/c15-14(16,17)9-21-12(18)22-10-4-5-20-13(23-10)26-8-2-1-3-11(25)19-6-7-24/h4-5,24H,1-3,6-9H2,(H,19,25)(H3,18,20,21,22,23). The van der Waals surface area contributed by atoms with Gasteiger partial charge in [0.1, 0.15) is 12.4 Å². The number of hydrogen-bond donors (Lipinski definition) is 4. The van der Waals surface area contributed by atoms with Crippen LogP contribution < -0.4 is 16.4 Å². The number of halogens is 3. The van der Waals surface area contributed by atoms with Crippen LogP contribution in [-0.2, 0) is 4.79 Å². The van der Waals surface area contributed by atoms with Crippen LogP contribution in [0.4, 0.5) is 19.0 Å². The Balaban J connectivity index is 2.34. The first-order valence-electron chi connectivity index (χ1n) is 7.77. The van der Waals surface area contributed by atoms with Gasteiger partial charge in [-0.25, -0.2) is 15.0 Å². The fraction of sp³-hybridized carbons (Fsp3) is 0.571. The molecule has 0 bridgehead atoms. The number of thioether (sulfide) groups is 1. The topological polar surface area (TPSA) is 126 Å². The van der Waals surface area contributed by atoms with E-state index in [0.717, 1.165) is 6.42 Å². The molecule has 0 aliphatic carbocycles. The lowest BCUT2D eigenvalue weighted by Crippen LogP contribution is -2.26. The van der Waals surface area contributed by atoms with Crippen molar-refractivity contribution >= 4 is 29.4 Å². The van der Waals surface area contributed by atoms with Crippen LogP contribution in [0.25, 0.3) is 0 Å². The van der Waals surface area contributed by atoms with Gasteiger partial charge in [0.25, 0.3) is 0 Å². The van der Waals surface area contributed by atoms with Gasteiger partial charge in [0.15, 0.2) is 11.1 Å². The Kier molecular flexibility index (Phi) is 9.73. The number of rotatable bonds is 10. The normalized spacial score (nSPS) is 12.1. The first-order valence-corrected chi connectivity index (χ1v) is 8.76. The third-order valence-electron chi connectivity index (χ3n) is 2.78. The summed E-state index contributed by atoms with van der Waals surface area (Å²) in [6, 6.07) is 1.46. The molecule has 0 aliphatic rings. The number of nitrogens with zero attached hydrogens (tertiary/aromatic N) is 3. The fourth-order valence-corrected chi connectivity index (χ4v) is 2.49. The molecule has 0 atom stereocenters. The minimum Gasteiger partial charge on any atom is -0.395 e. The maximum atomic E-state index is 12.1. The van der Waals surface area contributed by atoms with Crippen molar-refractivity contribution in [2.24, 2.45) is 10.7 Å². The number of aromatic nitrogens is 2. The second kappa shape index (κ2) is 11.5. The average molecular weight is 394 g/mol. The number of aliphatic hydroxyl groups excluding tert-OH is 1. The van der Waals surface area contributed by atoms with E-state index in [1.165, 1.54) is 24.0 Å². The zero-order valence-corrected chi connectivity index (χ0v) is 14.7. The molecule has 0 saturated heterocycles. The molecule has 1 aromatic heterocycles. The highest BCUT2D eigenvalue weighted by atomic mass is 32.2. The van der Waals surface area contributed by atoms with E-state index >= 15 is 0 Å². The largest absolute Gasteiger partial charge is 0.408 e. The number of carbonyl (C=O) groups excluding carboxylic acids is 1. The summed E-state index contributed by atoms with van der Waals surface area (Å²) in [6.07, 6.45) is -1.16. The number of hydrogen-bond acceptors (Lipinski definition) is 6. The number of alkyl halides is 3. The molecule has 8 nitrogen and oxygen atoms in total. The van der Waals surface area contributed by atoms with Crippen molar-refractivity contribution in [2.75, 3.05) is 30.8 Å². The van der Waals surface area contributed by atoms with Crippen LogP contribution in [0.2, 0.25) is 0 Å². The lowest BCUT2D eigenvalue weighted by molar-refractivity contribution is -0.121. The van der Waals surface area contributed by atoms with Crippen LogP contribution >= 0.6 is 11.8 Å². The molecule has 0 fully saturated rings. The molecule has 5 N–H and O–H groups in total. The van der Waals surface area contributed by atoms with E-state index in [-0.39, 0.29) is 30.8 Å². The van der Waals surface area contributed by atoms with Crippen LogP contribution in [-0.4, -0.2) is 58.6 Å². The number of unbranched alkanes of at least 4 members (excludes halogenated alkanes) is 1. The van der Waals surface area contributed by atoms with E-state index in [1.807, 2.05) is 0 Å². The molecule has 0 saturated carbocycles. The predicted molar refractivity (Wildman–Crippen MR) is 92.9 cm³/mol. The van der Waals surface area contributed by atoms with Crippen molar-refractivity contribution in [3.63, 3.8) is 0 Å². The third kappa shape index (κ3) is 10.7. The summed E-state index contributed by atoms with van der Waals surface area (Å²) in [5, 5.41) is 14.1. The minimum atomic E-state index is -4.42. The summed E-state index contributed by atoms with van der Waals surface area (Å²) in [7, 11) is 0. The number of nitrogens with one attached hydrogen (secondary N) is 2. The SMILES string of the molecule is NC(=NCC(F)(F)F)Nc1ccnc(SCCCCC(=O)NCCO)n1. The van der Waals surface area contributed by atoms with Crippen molar-refractivity contribution in [1.29, 1.82) is 0 Å². The smallest absolute Gasteiger partial charge is 0.395 e. The number of amides is 1. The van der Waals surface area contributed by atoms with Crippen LogP contribution in [0.3, 0.4) is 0 Å². The highest BCUT2D eigenvalue weighted by molar-refractivity contribution is 7.99. The number of anilines is 1. The number of guanidine groups is 1. The van der Waals surface area contributed by atoms with E-state index in [0.29, 0.717) is 23.8 Å². The highest BCUT2D eigenvalue weighted by Gasteiger charge is 2.26. The summed E-state index contributed by atoms with van der Waals surface area (Å²) in [6.45, 7) is -1.21. The van der Waals surface area contributed by atoms with Crippen molar-refractivity contribution in [3.8, 4) is 0 Å². The number of carbonyl (C=O) groups is 1. The molecule has 0 spiro atoms. The predicted octanol–water partition coefficient (Wildman–Crippen LogP) is 1.14. The van der Waals surface area contributed by atoms with Gasteiger partial charge in [-0.3, -0.25) is 4.79 Å². The minimum absolute atomic E-state index is 0.0886. The Labute approximate surface area is 152 Å². The van der Waals surface area contributed by atoms with E-state index in [2.05, 4.69) is 25.6 Å². The molecule has 146 valence electrons. The molecular formula is C14H21F3N6O2S. The van der Waals surface area contributed by atoms with Gasteiger partial charge >= 0.3 is 6.18 Å². The summed E-state index contributed by atoms with van der Waals surface area (Å²) >= 11 is 1.35. The van der Waals surface area contributed by atoms with E-state index in [9.17, 15) is 18.0 Å². The summed E-state index contributed by atoms with van der Waals surface area (Å²) in [5.41, 5.74) is 5.38. The maximum absolute atomic E-state index is 12.1. The first kappa shape index (κ1) is 22.0. The molecule has 26 heavy (non-hydrogen) atoms. The Hall–Kier alpha value is -2.08. The molecule has 0 unspecified atom stereocenters. The summed E-state index contributed by atoms with van der Waals surface area (Å²) < 4.78 is 36.2. The van der Waals surface area contributed by atoms with Gasteiger partial charge in [-0.15, -0.1) is 0 Å². The molecule has 0 aliphatic heterocycles. The Morgan fingerprint density at radius 1 is 1.38 bits per heavy atom. The van der Waals surface area contributed by atoms with Crippen LogP contribution in [0.5, 0.6) is 0 Å². The molecule has 1 aromatic rings. The van der Waals surface area contributed by atoms with E-state index in [4.69, 9.17) is 10.8 Å². The molecular weight excluding hydrogens is 373 g/mol. The van der Waals surface area contributed by atoms with Crippen molar-refractivity contribution < 1.29 is 23.1 Å².